The van der Waals surface area contributed by atoms with Crippen molar-refractivity contribution in [1.29, 1.82) is 0 Å². The fourth-order valence-electron chi connectivity index (χ4n) is 4.15. The smallest absolute Gasteiger partial charge is 0.338 e. The maximum atomic E-state index is 12.1. The summed E-state index contributed by atoms with van der Waals surface area (Å²) in [5.74, 6) is 0.536. The molecule has 0 saturated heterocycles. The Labute approximate surface area is 152 Å². The minimum atomic E-state index is -0.297. The van der Waals surface area contributed by atoms with Crippen molar-refractivity contribution in [2.45, 2.75) is 25.3 Å². The van der Waals surface area contributed by atoms with Gasteiger partial charge in [-0.15, -0.1) is 0 Å². The molecule has 0 aromatic heterocycles. The summed E-state index contributed by atoms with van der Waals surface area (Å²) in [4.78, 5) is 12.1. The number of halogens is 1. The fourth-order valence-corrected chi connectivity index (χ4v) is 4.27. The molecule has 3 nitrogen and oxygen atoms in total. The van der Waals surface area contributed by atoms with Crippen molar-refractivity contribution in [3.63, 3.8) is 0 Å². The van der Waals surface area contributed by atoms with Crippen LogP contribution in [-0.2, 0) is 4.74 Å². The highest BCUT2D eigenvalue weighted by atomic mass is 35.5. The SMILES string of the molecule is COC(=O)c1ccc2c(c1C)N[C@H](c1ccc(Cl)cc1)[C@H]1CC=C[C@H]21. The Morgan fingerprint density at radius 1 is 1.20 bits per heavy atom. The average Bonchev–Trinajstić information content (AvgIpc) is 3.12. The molecular weight excluding hydrogens is 334 g/mol. The number of carbonyl (C=O) groups excluding carboxylic acids is 1. The molecule has 0 spiro atoms. The lowest BCUT2D eigenvalue weighted by atomic mass is 9.76. The second-order valence-electron chi connectivity index (χ2n) is 6.72. The van der Waals surface area contributed by atoms with E-state index in [1.807, 2.05) is 25.1 Å². The third-order valence-electron chi connectivity index (χ3n) is 5.43. The summed E-state index contributed by atoms with van der Waals surface area (Å²) in [5, 5.41) is 4.44. The number of ether oxygens (including phenoxy) is 1. The number of carbonyl (C=O) groups is 1. The monoisotopic (exact) mass is 353 g/mol. The van der Waals surface area contributed by atoms with Gasteiger partial charge in [-0.1, -0.05) is 42.0 Å². The third-order valence-corrected chi connectivity index (χ3v) is 5.68. The minimum absolute atomic E-state index is 0.191. The molecule has 0 saturated carbocycles. The molecule has 1 N–H and O–H groups in total. The largest absolute Gasteiger partial charge is 0.465 e. The van der Waals surface area contributed by atoms with Crippen LogP contribution < -0.4 is 5.32 Å². The summed E-state index contributed by atoms with van der Waals surface area (Å²) < 4.78 is 4.92. The van der Waals surface area contributed by atoms with E-state index in [0.717, 1.165) is 22.7 Å². The summed E-state index contributed by atoms with van der Waals surface area (Å²) in [6.45, 7) is 1.98. The zero-order valence-corrected chi connectivity index (χ0v) is 15.0. The Bertz CT molecular complexity index is 857. The highest BCUT2D eigenvalue weighted by Crippen LogP contribution is 2.51. The van der Waals surface area contributed by atoms with Crippen molar-refractivity contribution in [3.05, 3.63) is 75.8 Å². The van der Waals surface area contributed by atoms with Crippen molar-refractivity contribution < 1.29 is 9.53 Å². The van der Waals surface area contributed by atoms with Gasteiger partial charge >= 0.3 is 5.97 Å². The van der Waals surface area contributed by atoms with Crippen molar-refractivity contribution >= 4 is 23.3 Å². The van der Waals surface area contributed by atoms with E-state index in [2.05, 4.69) is 35.7 Å². The zero-order valence-electron chi connectivity index (χ0n) is 14.3. The number of allylic oxidation sites excluding steroid dienone is 2. The average molecular weight is 354 g/mol. The van der Waals surface area contributed by atoms with Gasteiger partial charge < -0.3 is 10.1 Å². The van der Waals surface area contributed by atoms with E-state index >= 15 is 0 Å². The summed E-state index contributed by atoms with van der Waals surface area (Å²) in [5.41, 5.74) is 5.09. The van der Waals surface area contributed by atoms with Crippen LogP contribution in [0.4, 0.5) is 5.69 Å². The zero-order chi connectivity index (χ0) is 17.6. The standard InChI is InChI=1S/C21H20ClNO2/c1-12-15(21(24)25-2)10-11-18-16-4-3-5-17(16)20(23-19(12)18)13-6-8-14(22)9-7-13/h3-4,6-11,16-17,20,23H,5H2,1-2H3/t16-,17-,20+/m0/s1. The quantitative estimate of drug-likeness (QED) is 0.591. The third kappa shape index (κ3) is 2.63. The number of benzene rings is 2. The van der Waals surface area contributed by atoms with Crippen molar-refractivity contribution in [1.82, 2.24) is 0 Å². The summed E-state index contributed by atoms with van der Waals surface area (Å²) in [6.07, 6.45) is 5.60. The number of fused-ring (bicyclic) bond motifs is 3. The van der Waals surface area contributed by atoms with Crippen LogP contribution in [0.3, 0.4) is 0 Å². The van der Waals surface area contributed by atoms with Gasteiger partial charge in [-0.25, -0.2) is 4.79 Å². The van der Waals surface area contributed by atoms with Gasteiger partial charge in [0.1, 0.15) is 0 Å². The molecule has 1 aliphatic heterocycles. The highest BCUT2D eigenvalue weighted by Gasteiger charge is 2.38. The molecule has 4 rings (SSSR count). The first-order valence-corrected chi connectivity index (χ1v) is 8.88. The molecule has 25 heavy (non-hydrogen) atoms. The number of nitrogens with one attached hydrogen (secondary N) is 1. The summed E-state index contributed by atoms with van der Waals surface area (Å²) >= 11 is 6.06. The molecule has 1 aliphatic carbocycles. The van der Waals surface area contributed by atoms with Crippen LogP contribution in [0.2, 0.25) is 5.02 Å². The van der Waals surface area contributed by atoms with Gasteiger partial charge in [0.25, 0.3) is 0 Å². The maximum Gasteiger partial charge on any atom is 0.338 e. The second-order valence-corrected chi connectivity index (χ2v) is 7.16. The van der Waals surface area contributed by atoms with Gasteiger partial charge in [0.05, 0.1) is 18.7 Å². The lowest BCUT2D eigenvalue weighted by molar-refractivity contribution is 0.0600. The van der Waals surface area contributed by atoms with E-state index in [1.165, 1.54) is 18.2 Å². The van der Waals surface area contributed by atoms with Crippen LogP contribution in [0.1, 0.15) is 45.4 Å². The minimum Gasteiger partial charge on any atom is -0.465 e. The van der Waals surface area contributed by atoms with E-state index in [1.54, 1.807) is 0 Å². The van der Waals surface area contributed by atoms with E-state index in [4.69, 9.17) is 16.3 Å². The Morgan fingerprint density at radius 3 is 2.68 bits per heavy atom. The van der Waals surface area contributed by atoms with E-state index in [9.17, 15) is 4.79 Å². The van der Waals surface area contributed by atoms with Crippen LogP contribution >= 0.6 is 11.6 Å². The molecule has 0 radical (unpaired) electrons. The van der Waals surface area contributed by atoms with Gasteiger partial charge in [-0.2, -0.15) is 0 Å². The Hall–Kier alpha value is -2.26. The molecule has 128 valence electrons. The topological polar surface area (TPSA) is 38.3 Å². The molecule has 1 heterocycles. The Morgan fingerprint density at radius 2 is 1.96 bits per heavy atom. The van der Waals surface area contributed by atoms with Crippen LogP contribution in [-0.4, -0.2) is 13.1 Å². The van der Waals surface area contributed by atoms with Gasteiger partial charge in [0.2, 0.25) is 0 Å². The van der Waals surface area contributed by atoms with E-state index in [-0.39, 0.29) is 12.0 Å². The van der Waals surface area contributed by atoms with Gasteiger partial charge in [0, 0.05) is 16.6 Å². The predicted octanol–water partition coefficient (Wildman–Crippen LogP) is 5.26. The maximum absolute atomic E-state index is 12.1. The van der Waals surface area contributed by atoms with Gasteiger partial charge in [-0.05, 0) is 54.2 Å². The lowest BCUT2D eigenvalue weighted by Crippen LogP contribution is -2.30. The number of rotatable bonds is 2. The van der Waals surface area contributed by atoms with Crippen LogP contribution in [0.15, 0.2) is 48.6 Å². The molecule has 0 fully saturated rings. The molecule has 2 aromatic carbocycles. The highest BCUT2D eigenvalue weighted by molar-refractivity contribution is 6.30. The van der Waals surface area contributed by atoms with Crippen LogP contribution in [0, 0.1) is 12.8 Å². The number of anilines is 1. The number of esters is 1. The first-order chi connectivity index (χ1) is 12.1. The number of hydrogen-bond donors (Lipinski definition) is 1. The van der Waals surface area contributed by atoms with E-state index < -0.39 is 0 Å². The fraction of sp³-hybridized carbons (Fsp3) is 0.286. The molecule has 2 aromatic rings. The van der Waals surface area contributed by atoms with E-state index in [0.29, 0.717) is 17.4 Å². The summed E-state index contributed by atoms with van der Waals surface area (Å²) in [6, 6.07) is 12.2. The molecule has 0 amide bonds. The van der Waals surface area contributed by atoms with Crippen molar-refractivity contribution in [2.75, 3.05) is 12.4 Å². The van der Waals surface area contributed by atoms with Crippen molar-refractivity contribution in [2.24, 2.45) is 5.92 Å². The number of hydrogen-bond acceptors (Lipinski definition) is 3. The van der Waals surface area contributed by atoms with Gasteiger partial charge in [-0.3, -0.25) is 0 Å². The second kappa shape index (κ2) is 6.23. The summed E-state index contributed by atoms with van der Waals surface area (Å²) in [7, 11) is 1.42. The molecule has 4 heteroatoms. The van der Waals surface area contributed by atoms with Crippen molar-refractivity contribution in [3.8, 4) is 0 Å². The normalized spacial score (nSPS) is 23.6. The molecule has 3 atom stereocenters. The molecule has 0 unspecified atom stereocenters. The Kier molecular flexibility index (Phi) is 4.04. The first-order valence-electron chi connectivity index (χ1n) is 8.50. The lowest BCUT2D eigenvalue weighted by Gasteiger charge is -2.38. The predicted molar refractivity (Wildman–Crippen MR) is 100 cm³/mol. The molecule has 0 bridgehead atoms. The van der Waals surface area contributed by atoms with Crippen LogP contribution in [0.25, 0.3) is 0 Å². The first kappa shape index (κ1) is 16.2. The molecule has 2 aliphatic rings. The molecular formula is C21H20ClNO2. The Balaban J connectivity index is 1.81. The number of methoxy groups -OCH3 is 1. The van der Waals surface area contributed by atoms with Crippen LogP contribution in [0.5, 0.6) is 0 Å². The van der Waals surface area contributed by atoms with Gasteiger partial charge in [0.15, 0.2) is 0 Å².